The van der Waals surface area contributed by atoms with Gasteiger partial charge in [0.25, 0.3) is 0 Å². The van der Waals surface area contributed by atoms with E-state index in [0.29, 0.717) is 5.69 Å². The van der Waals surface area contributed by atoms with Crippen molar-refractivity contribution in [2.75, 3.05) is 35.2 Å². The van der Waals surface area contributed by atoms with E-state index in [0.717, 1.165) is 30.9 Å². The predicted octanol–water partition coefficient (Wildman–Crippen LogP) is 4.14. The molecular formula is C19H20F3N3O. The van der Waals surface area contributed by atoms with Crippen LogP contribution in [0, 0.1) is 17.5 Å². The largest absolute Gasteiger partial charge is 0.382 e. The molecule has 1 aliphatic heterocycles. The highest BCUT2D eigenvalue weighted by Gasteiger charge is 2.14. The number of benzene rings is 2. The molecule has 0 unspecified atom stereocenters. The number of anilines is 3. The van der Waals surface area contributed by atoms with Gasteiger partial charge < -0.3 is 15.5 Å². The van der Waals surface area contributed by atoms with Crippen LogP contribution in [0.3, 0.4) is 0 Å². The molecule has 0 saturated carbocycles. The third-order valence-corrected chi connectivity index (χ3v) is 4.32. The number of halogens is 3. The molecule has 2 aromatic carbocycles. The molecule has 138 valence electrons. The van der Waals surface area contributed by atoms with Gasteiger partial charge in [0.2, 0.25) is 5.91 Å². The minimum absolute atomic E-state index is 0.0618. The number of nitrogens with zero attached hydrogens (tertiary/aromatic N) is 1. The van der Waals surface area contributed by atoms with E-state index in [9.17, 15) is 18.0 Å². The van der Waals surface area contributed by atoms with Crippen LogP contribution in [-0.2, 0) is 4.79 Å². The van der Waals surface area contributed by atoms with Gasteiger partial charge in [-0.2, -0.15) is 0 Å². The Hall–Kier alpha value is -2.70. The third kappa shape index (κ3) is 4.28. The number of carbonyl (C=O) groups is 1. The van der Waals surface area contributed by atoms with Crippen LogP contribution in [0.4, 0.5) is 30.2 Å². The first kappa shape index (κ1) is 18.1. The summed E-state index contributed by atoms with van der Waals surface area (Å²) in [6, 6.07) is 9.55. The fourth-order valence-electron chi connectivity index (χ4n) is 2.93. The van der Waals surface area contributed by atoms with Crippen molar-refractivity contribution >= 4 is 23.0 Å². The molecule has 1 aliphatic rings. The van der Waals surface area contributed by atoms with E-state index in [1.165, 1.54) is 12.8 Å². The Bertz CT molecular complexity index is 774. The summed E-state index contributed by atoms with van der Waals surface area (Å²) in [4.78, 5) is 14.3. The van der Waals surface area contributed by atoms with Gasteiger partial charge in [0.1, 0.15) is 0 Å². The SMILES string of the molecule is O=C(CCNc1ccc(F)c(F)c1F)Nc1ccc(N2CCCC2)cc1. The number of nitrogens with one attached hydrogen (secondary N) is 2. The van der Waals surface area contributed by atoms with Crippen LogP contribution >= 0.6 is 0 Å². The van der Waals surface area contributed by atoms with Gasteiger partial charge in [-0.3, -0.25) is 4.79 Å². The first-order chi connectivity index (χ1) is 12.5. The minimum atomic E-state index is -1.53. The Morgan fingerprint density at radius 1 is 0.962 bits per heavy atom. The lowest BCUT2D eigenvalue weighted by atomic mass is 10.2. The Morgan fingerprint density at radius 2 is 1.65 bits per heavy atom. The molecule has 0 spiro atoms. The van der Waals surface area contributed by atoms with Crippen molar-refractivity contribution in [2.45, 2.75) is 19.3 Å². The number of hydrogen-bond donors (Lipinski definition) is 2. The number of rotatable bonds is 6. The molecule has 1 heterocycles. The molecule has 2 aromatic rings. The highest BCUT2D eigenvalue weighted by molar-refractivity contribution is 5.91. The van der Waals surface area contributed by atoms with Gasteiger partial charge in [-0.25, -0.2) is 13.2 Å². The van der Waals surface area contributed by atoms with Gasteiger partial charge in [0.05, 0.1) is 5.69 Å². The van der Waals surface area contributed by atoms with Crippen LogP contribution in [0.1, 0.15) is 19.3 Å². The molecule has 1 fully saturated rings. The van der Waals surface area contributed by atoms with Crippen LogP contribution in [0.25, 0.3) is 0 Å². The molecular weight excluding hydrogens is 343 g/mol. The van der Waals surface area contributed by atoms with Gasteiger partial charge in [-0.1, -0.05) is 0 Å². The molecule has 0 aromatic heterocycles. The molecule has 4 nitrogen and oxygen atoms in total. The Balaban J connectivity index is 1.47. The van der Waals surface area contributed by atoms with Gasteiger partial charge in [0.15, 0.2) is 17.5 Å². The van der Waals surface area contributed by atoms with Crippen molar-refractivity contribution < 1.29 is 18.0 Å². The van der Waals surface area contributed by atoms with Crippen LogP contribution < -0.4 is 15.5 Å². The van der Waals surface area contributed by atoms with Gasteiger partial charge in [-0.15, -0.1) is 0 Å². The lowest BCUT2D eigenvalue weighted by Gasteiger charge is -2.17. The zero-order valence-corrected chi connectivity index (χ0v) is 14.2. The van der Waals surface area contributed by atoms with E-state index in [4.69, 9.17) is 0 Å². The smallest absolute Gasteiger partial charge is 0.226 e. The van der Waals surface area contributed by atoms with Crippen LogP contribution in [-0.4, -0.2) is 25.5 Å². The molecule has 7 heteroatoms. The van der Waals surface area contributed by atoms with E-state index in [1.54, 1.807) is 0 Å². The van der Waals surface area contributed by atoms with E-state index in [1.807, 2.05) is 24.3 Å². The number of carbonyl (C=O) groups excluding carboxylic acids is 1. The summed E-state index contributed by atoms with van der Waals surface area (Å²) in [6.07, 6.45) is 2.46. The summed E-state index contributed by atoms with van der Waals surface area (Å²) >= 11 is 0. The van der Waals surface area contributed by atoms with E-state index in [-0.39, 0.29) is 24.6 Å². The second kappa shape index (κ2) is 8.12. The Morgan fingerprint density at radius 3 is 2.35 bits per heavy atom. The average Bonchev–Trinajstić information content (AvgIpc) is 3.17. The Kier molecular flexibility index (Phi) is 5.65. The van der Waals surface area contributed by atoms with E-state index in [2.05, 4.69) is 15.5 Å². The second-order valence-corrected chi connectivity index (χ2v) is 6.19. The average molecular weight is 363 g/mol. The van der Waals surface area contributed by atoms with Gasteiger partial charge in [-0.05, 0) is 49.2 Å². The lowest BCUT2D eigenvalue weighted by molar-refractivity contribution is -0.115. The molecule has 0 bridgehead atoms. The topological polar surface area (TPSA) is 44.4 Å². The highest BCUT2D eigenvalue weighted by atomic mass is 19.2. The quantitative estimate of drug-likeness (QED) is 0.758. The van der Waals surface area contributed by atoms with Crippen molar-refractivity contribution in [3.8, 4) is 0 Å². The molecule has 3 rings (SSSR count). The second-order valence-electron chi connectivity index (χ2n) is 6.19. The normalized spacial score (nSPS) is 13.7. The first-order valence-corrected chi connectivity index (χ1v) is 8.57. The highest BCUT2D eigenvalue weighted by Crippen LogP contribution is 2.22. The standard InChI is InChI=1S/C19H20F3N3O/c20-15-7-8-16(19(22)18(15)21)23-10-9-17(26)24-13-3-5-14(6-4-13)25-11-1-2-12-25/h3-8,23H,1-2,9-12H2,(H,24,26). The van der Waals surface area contributed by atoms with Crippen LogP contribution in [0.15, 0.2) is 36.4 Å². The van der Waals surface area contributed by atoms with Crippen molar-refractivity contribution in [1.29, 1.82) is 0 Å². The predicted molar refractivity (Wildman–Crippen MR) is 95.9 cm³/mol. The number of hydrogen-bond acceptors (Lipinski definition) is 3. The van der Waals surface area contributed by atoms with Crippen LogP contribution in [0.2, 0.25) is 0 Å². The first-order valence-electron chi connectivity index (χ1n) is 8.57. The fraction of sp³-hybridized carbons (Fsp3) is 0.316. The van der Waals surface area contributed by atoms with Crippen molar-refractivity contribution in [3.05, 3.63) is 53.8 Å². The molecule has 0 aliphatic carbocycles. The van der Waals surface area contributed by atoms with Crippen molar-refractivity contribution in [1.82, 2.24) is 0 Å². The Labute approximate surface area is 150 Å². The fourth-order valence-corrected chi connectivity index (χ4v) is 2.93. The van der Waals surface area contributed by atoms with Crippen LogP contribution in [0.5, 0.6) is 0 Å². The van der Waals surface area contributed by atoms with Crippen molar-refractivity contribution in [3.63, 3.8) is 0 Å². The number of amides is 1. The van der Waals surface area contributed by atoms with Crippen molar-refractivity contribution in [2.24, 2.45) is 0 Å². The van der Waals surface area contributed by atoms with Gasteiger partial charge >= 0.3 is 0 Å². The molecule has 2 N–H and O–H groups in total. The summed E-state index contributed by atoms with van der Waals surface area (Å²) < 4.78 is 39.5. The monoisotopic (exact) mass is 363 g/mol. The molecule has 0 atom stereocenters. The zero-order chi connectivity index (χ0) is 18.5. The molecule has 1 saturated heterocycles. The van der Waals surface area contributed by atoms with E-state index < -0.39 is 17.5 Å². The summed E-state index contributed by atoms with van der Waals surface area (Å²) in [7, 11) is 0. The minimum Gasteiger partial charge on any atom is -0.382 e. The summed E-state index contributed by atoms with van der Waals surface area (Å²) in [5.74, 6) is -4.32. The maximum Gasteiger partial charge on any atom is 0.226 e. The maximum atomic E-state index is 13.5. The summed E-state index contributed by atoms with van der Waals surface area (Å²) in [5.41, 5.74) is 1.64. The third-order valence-electron chi connectivity index (χ3n) is 4.32. The van der Waals surface area contributed by atoms with E-state index >= 15 is 0 Å². The zero-order valence-electron chi connectivity index (χ0n) is 14.2. The molecule has 1 amide bonds. The molecule has 0 radical (unpaired) electrons. The van der Waals surface area contributed by atoms with Gasteiger partial charge in [0, 0.05) is 37.4 Å². The lowest BCUT2D eigenvalue weighted by Crippen LogP contribution is -2.18. The summed E-state index contributed by atoms with van der Waals surface area (Å²) in [6.45, 7) is 2.20. The maximum absolute atomic E-state index is 13.5. The summed E-state index contributed by atoms with van der Waals surface area (Å²) in [5, 5.41) is 5.35. The molecule has 26 heavy (non-hydrogen) atoms.